The van der Waals surface area contributed by atoms with Gasteiger partial charge in [-0.05, 0) is 30.2 Å². The molecular formula is C15H17NO4. The maximum atomic E-state index is 12.2. The fourth-order valence-corrected chi connectivity index (χ4v) is 2.30. The number of benzene rings is 1. The number of hydrogen-bond donors (Lipinski definition) is 1. The van der Waals surface area contributed by atoms with Gasteiger partial charge in [0.25, 0.3) is 0 Å². The van der Waals surface area contributed by atoms with Crippen LogP contribution in [0.1, 0.15) is 12.5 Å². The van der Waals surface area contributed by atoms with Crippen molar-refractivity contribution in [2.75, 3.05) is 13.7 Å². The number of hydrogen-bond acceptors (Lipinski definition) is 3. The van der Waals surface area contributed by atoms with Crippen LogP contribution in [-0.2, 0) is 16.0 Å². The SMILES string of the molecule is COc1ccc(CC(=O)N2CC=C(C)C2C(=O)O)cc1. The van der Waals surface area contributed by atoms with Crippen molar-refractivity contribution in [3.8, 4) is 5.75 Å². The first kappa shape index (κ1) is 14.1. The number of rotatable bonds is 4. The van der Waals surface area contributed by atoms with E-state index < -0.39 is 12.0 Å². The quantitative estimate of drug-likeness (QED) is 0.845. The number of aliphatic carboxylic acids is 1. The van der Waals surface area contributed by atoms with Crippen LogP contribution < -0.4 is 4.74 Å². The third-order valence-corrected chi connectivity index (χ3v) is 3.42. The van der Waals surface area contributed by atoms with Crippen LogP contribution in [0.3, 0.4) is 0 Å². The van der Waals surface area contributed by atoms with Gasteiger partial charge in [-0.15, -0.1) is 0 Å². The summed E-state index contributed by atoms with van der Waals surface area (Å²) in [5.74, 6) is -0.446. The molecule has 0 aliphatic carbocycles. The van der Waals surface area contributed by atoms with E-state index in [0.29, 0.717) is 12.1 Å². The van der Waals surface area contributed by atoms with E-state index in [1.807, 2.05) is 12.1 Å². The third kappa shape index (κ3) is 2.82. The Hall–Kier alpha value is -2.30. The second-order valence-corrected chi connectivity index (χ2v) is 4.76. The Balaban J connectivity index is 2.06. The van der Waals surface area contributed by atoms with E-state index in [9.17, 15) is 14.7 Å². The number of nitrogens with zero attached hydrogens (tertiary/aromatic N) is 1. The molecule has 1 aromatic rings. The van der Waals surface area contributed by atoms with Crippen molar-refractivity contribution in [1.82, 2.24) is 4.90 Å². The van der Waals surface area contributed by atoms with Gasteiger partial charge in [-0.2, -0.15) is 0 Å². The van der Waals surface area contributed by atoms with Gasteiger partial charge in [0, 0.05) is 6.54 Å². The van der Waals surface area contributed by atoms with Gasteiger partial charge in [0.2, 0.25) is 5.91 Å². The van der Waals surface area contributed by atoms with Gasteiger partial charge in [-0.25, -0.2) is 4.79 Å². The molecule has 1 aliphatic rings. The van der Waals surface area contributed by atoms with Gasteiger partial charge < -0.3 is 14.7 Å². The highest BCUT2D eigenvalue weighted by atomic mass is 16.5. The molecule has 1 aliphatic heterocycles. The summed E-state index contributed by atoms with van der Waals surface area (Å²) in [6.45, 7) is 2.09. The molecule has 0 radical (unpaired) electrons. The van der Waals surface area contributed by atoms with E-state index in [0.717, 1.165) is 11.3 Å². The van der Waals surface area contributed by atoms with Crippen molar-refractivity contribution in [3.05, 3.63) is 41.5 Å². The van der Waals surface area contributed by atoms with E-state index in [4.69, 9.17) is 4.74 Å². The van der Waals surface area contributed by atoms with E-state index in [2.05, 4.69) is 0 Å². The summed E-state index contributed by atoms with van der Waals surface area (Å²) < 4.78 is 5.06. The van der Waals surface area contributed by atoms with Crippen LogP contribution in [0, 0.1) is 0 Å². The predicted octanol–water partition coefficient (Wildman–Crippen LogP) is 1.48. The monoisotopic (exact) mass is 275 g/mol. The Morgan fingerprint density at radius 2 is 2.00 bits per heavy atom. The van der Waals surface area contributed by atoms with Crippen LogP contribution in [-0.4, -0.2) is 41.6 Å². The van der Waals surface area contributed by atoms with E-state index in [1.165, 1.54) is 4.90 Å². The molecule has 0 bridgehead atoms. The van der Waals surface area contributed by atoms with E-state index in [1.54, 1.807) is 32.2 Å². The largest absolute Gasteiger partial charge is 0.497 e. The molecule has 1 atom stereocenters. The van der Waals surface area contributed by atoms with Crippen LogP contribution in [0.2, 0.25) is 0 Å². The van der Waals surface area contributed by atoms with E-state index in [-0.39, 0.29) is 12.3 Å². The maximum absolute atomic E-state index is 12.2. The molecule has 0 aromatic heterocycles. The fourth-order valence-electron chi connectivity index (χ4n) is 2.30. The lowest BCUT2D eigenvalue weighted by atomic mass is 10.1. The van der Waals surface area contributed by atoms with Gasteiger partial charge in [-0.1, -0.05) is 18.2 Å². The number of amides is 1. The summed E-state index contributed by atoms with van der Waals surface area (Å²) in [6.07, 6.45) is 1.97. The highest BCUT2D eigenvalue weighted by molar-refractivity contribution is 5.88. The zero-order chi connectivity index (χ0) is 14.7. The van der Waals surface area contributed by atoms with Crippen molar-refractivity contribution in [2.24, 2.45) is 0 Å². The normalized spacial score (nSPS) is 17.8. The zero-order valence-corrected chi connectivity index (χ0v) is 11.5. The van der Waals surface area contributed by atoms with Crippen LogP contribution in [0.4, 0.5) is 0 Å². The minimum absolute atomic E-state index is 0.185. The number of carbonyl (C=O) groups excluding carboxylic acids is 1. The van der Waals surface area contributed by atoms with Crippen molar-refractivity contribution in [1.29, 1.82) is 0 Å². The Morgan fingerprint density at radius 3 is 2.55 bits per heavy atom. The van der Waals surface area contributed by atoms with Crippen molar-refractivity contribution in [3.63, 3.8) is 0 Å². The summed E-state index contributed by atoms with van der Waals surface area (Å²) in [4.78, 5) is 24.8. The Kier molecular flexibility index (Phi) is 4.08. The van der Waals surface area contributed by atoms with Gasteiger partial charge in [0.05, 0.1) is 13.5 Å². The lowest BCUT2D eigenvalue weighted by Crippen LogP contribution is -2.42. The zero-order valence-electron chi connectivity index (χ0n) is 11.5. The molecule has 0 saturated heterocycles. The van der Waals surface area contributed by atoms with Crippen molar-refractivity contribution >= 4 is 11.9 Å². The second kappa shape index (κ2) is 5.77. The summed E-state index contributed by atoms with van der Waals surface area (Å²) >= 11 is 0. The molecule has 0 fully saturated rings. The number of methoxy groups -OCH3 is 1. The minimum atomic E-state index is -0.987. The smallest absolute Gasteiger partial charge is 0.330 e. The standard InChI is InChI=1S/C15H17NO4/c1-10-7-8-16(14(10)15(18)19)13(17)9-11-3-5-12(20-2)6-4-11/h3-7,14H,8-9H2,1-2H3,(H,18,19). The summed E-state index contributed by atoms with van der Waals surface area (Å²) in [7, 11) is 1.58. The van der Waals surface area contributed by atoms with Crippen LogP contribution >= 0.6 is 0 Å². The highest BCUT2D eigenvalue weighted by Crippen LogP contribution is 2.20. The molecule has 1 amide bonds. The summed E-state index contributed by atoms with van der Waals surface area (Å²) in [5.41, 5.74) is 1.55. The van der Waals surface area contributed by atoms with Crippen LogP contribution in [0.5, 0.6) is 5.75 Å². The van der Waals surface area contributed by atoms with Crippen molar-refractivity contribution in [2.45, 2.75) is 19.4 Å². The molecule has 1 heterocycles. The predicted molar refractivity (Wildman–Crippen MR) is 73.6 cm³/mol. The number of ether oxygens (including phenoxy) is 1. The molecule has 0 spiro atoms. The highest BCUT2D eigenvalue weighted by Gasteiger charge is 2.34. The average molecular weight is 275 g/mol. The first-order valence-electron chi connectivity index (χ1n) is 6.35. The first-order valence-corrected chi connectivity index (χ1v) is 6.35. The lowest BCUT2D eigenvalue weighted by molar-refractivity contribution is -0.147. The lowest BCUT2D eigenvalue weighted by Gasteiger charge is -2.23. The summed E-state index contributed by atoms with van der Waals surface area (Å²) in [6, 6.07) is 6.35. The molecule has 20 heavy (non-hydrogen) atoms. The maximum Gasteiger partial charge on any atom is 0.330 e. The molecule has 2 rings (SSSR count). The number of carbonyl (C=O) groups is 2. The Bertz CT molecular complexity index is 547. The molecule has 1 aromatic carbocycles. The fraction of sp³-hybridized carbons (Fsp3) is 0.333. The third-order valence-electron chi connectivity index (χ3n) is 3.42. The Morgan fingerprint density at radius 1 is 1.35 bits per heavy atom. The number of carboxylic acids is 1. The average Bonchev–Trinajstić information content (AvgIpc) is 2.81. The van der Waals surface area contributed by atoms with E-state index >= 15 is 0 Å². The topological polar surface area (TPSA) is 66.8 Å². The van der Waals surface area contributed by atoms with Gasteiger partial charge in [0.1, 0.15) is 5.75 Å². The van der Waals surface area contributed by atoms with Crippen LogP contribution in [0.25, 0.3) is 0 Å². The number of carboxylic acid groups (broad SMARTS) is 1. The molecule has 5 heteroatoms. The molecule has 106 valence electrons. The second-order valence-electron chi connectivity index (χ2n) is 4.76. The molecule has 0 saturated carbocycles. The van der Waals surface area contributed by atoms with Crippen LogP contribution in [0.15, 0.2) is 35.9 Å². The summed E-state index contributed by atoms with van der Waals surface area (Å²) in [5, 5.41) is 9.19. The molecule has 5 nitrogen and oxygen atoms in total. The van der Waals surface area contributed by atoms with Gasteiger partial charge in [0.15, 0.2) is 6.04 Å². The van der Waals surface area contributed by atoms with Gasteiger partial charge >= 0.3 is 5.97 Å². The molecular weight excluding hydrogens is 258 g/mol. The Labute approximate surface area is 117 Å². The molecule has 1 unspecified atom stereocenters. The first-order chi connectivity index (χ1) is 9.52. The van der Waals surface area contributed by atoms with Gasteiger partial charge in [-0.3, -0.25) is 4.79 Å². The van der Waals surface area contributed by atoms with Crippen molar-refractivity contribution < 1.29 is 19.4 Å². The molecule has 1 N–H and O–H groups in total. The minimum Gasteiger partial charge on any atom is -0.497 e.